The quantitative estimate of drug-likeness (QED) is 0.577. The zero-order valence-electron chi connectivity index (χ0n) is 15.7. The van der Waals surface area contributed by atoms with E-state index >= 15 is 0 Å². The summed E-state index contributed by atoms with van der Waals surface area (Å²) in [7, 11) is 0. The van der Waals surface area contributed by atoms with E-state index in [1.54, 1.807) is 20.8 Å². The molecule has 0 aliphatic rings. The lowest BCUT2D eigenvalue weighted by Gasteiger charge is -2.14. The van der Waals surface area contributed by atoms with Gasteiger partial charge in [-0.2, -0.15) is 4.98 Å². The molecule has 9 heteroatoms. The van der Waals surface area contributed by atoms with Gasteiger partial charge in [-0.25, -0.2) is 23.7 Å². The average molecular weight is 386 g/mol. The lowest BCUT2D eigenvalue weighted by atomic mass is 10.1. The van der Waals surface area contributed by atoms with Crippen LogP contribution >= 0.6 is 0 Å². The Morgan fingerprint density at radius 2 is 1.89 bits per heavy atom. The molecule has 0 bridgehead atoms. The van der Waals surface area contributed by atoms with Crippen LogP contribution in [-0.2, 0) is 0 Å². The molecule has 146 valence electrons. The molecule has 0 unspecified atom stereocenters. The maximum absolute atomic E-state index is 14.4. The number of aliphatic hydroxyl groups excluding tert-OH is 1. The normalized spacial score (nSPS) is 13.0. The molecule has 0 radical (unpaired) electrons. The minimum atomic E-state index is -0.761. The van der Waals surface area contributed by atoms with Crippen molar-refractivity contribution >= 4 is 17.1 Å². The molecule has 3 rings (SSSR count). The van der Waals surface area contributed by atoms with Crippen LogP contribution in [0.15, 0.2) is 30.2 Å². The summed E-state index contributed by atoms with van der Waals surface area (Å²) in [6.45, 7) is 5.62. The molecular formula is C19H20F2N6O. The first kappa shape index (κ1) is 19.4. The van der Waals surface area contributed by atoms with Gasteiger partial charge in [-0.15, -0.1) is 0 Å². The lowest BCUT2D eigenvalue weighted by molar-refractivity contribution is 0.345. The number of fused-ring (bicyclic) bond motifs is 1. The first-order valence-electron chi connectivity index (χ1n) is 8.63. The highest BCUT2D eigenvalue weighted by Gasteiger charge is 2.18. The van der Waals surface area contributed by atoms with Crippen molar-refractivity contribution in [3.8, 4) is 11.3 Å². The predicted octanol–water partition coefficient (Wildman–Crippen LogP) is 3.39. The number of aromatic nitrogens is 4. The van der Waals surface area contributed by atoms with Crippen LogP contribution in [0.3, 0.4) is 0 Å². The average Bonchev–Trinajstić information content (AvgIpc) is 2.66. The summed E-state index contributed by atoms with van der Waals surface area (Å²) in [6.07, 6.45) is 1.12. The van der Waals surface area contributed by atoms with Crippen LogP contribution in [0, 0.1) is 31.4 Å². The van der Waals surface area contributed by atoms with E-state index in [1.807, 2.05) is 0 Å². The number of nitrogens with one attached hydrogen (secondary N) is 1. The molecule has 0 aliphatic carbocycles. The maximum atomic E-state index is 14.4. The Hall–Kier alpha value is -3.36. The molecule has 0 fully saturated rings. The molecular weight excluding hydrogens is 366 g/mol. The molecule has 1 atom stereocenters. The summed E-state index contributed by atoms with van der Waals surface area (Å²) in [4.78, 5) is 17.6. The van der Waals surface area contributed by atoms with E-state index in [1.165, 1.54) is 6.07 Å². The monoisotopic (exact) mass is 386 g/mol. The molecule has 0 aliphatic heterocycles. The van der Waals surface area contributed by atoms with Crippen LogP contribution < -0.4 is 11.1 Å². The van der Waals surface area contributed by atoms with Gasteiger partial charge in [-0.1, -0.05) is 6.92 Å². The zero-order valence-corrected chi connectivity index (χ0v) is 15.7. The summed E-state index contributed by atoms with van der Waals surface area (Å²) in [5.74, 6) is -1.54. The Labute approximate surface area is 160 Å². The van der Waals surface area contributed by atoms with Crippen molar-refractivity contribution in [1.29, 1.82) is 0 Å². The zero-order chi connectivity index (χ0) is 20.4. The fourth-order valence-corrected chi connectivity index (χ4v) is 2.57. The van der Waals surface area contributed by atoms with Gasteiger partial charge in [0.25, 0.3) is 0 Å². The number of hydrogen-bond acceptors (Lipinski definition) is 7. The summed E-state index contributed by atoms with van der Waals surface area (Å²) in [6, 6.07) is 3.25. The van der Waals surface area contributed by atoms with E-state index in [9.17, 15) is 13.9 Å². The molecule has 0 amide bonds. The number of anilines is 1. The van der Waals surface area contributed by atoms with Crippen molar-refractivity contribution in [2.45, 2.75) is 20.8 Å². The van der Waals surface area contributed by atoms with Gasteiger partial charge in [0.15, 0.2) is 5.65 Å². The van der Waals surface area contributed by atoms with Gasteiger partial charge in [-0.05, 0) is 26.0 Å². The third-order valence-electron chi connectivity index (χ3n) is 4.37. The molecule has 2 heterocycles. The summed E-state index contributed by atoms with van der Waals surface area (Å²) in [5, 5.41) is 12.7. The minimum Gasteiger partial charge on any atom is -0.510 e. The van der Waals surface area contributed by atoms with E-state index in [-0.39, 0.29) is 41.1 Å². The number of benzene rings is 1. The van der Waals surface area contributed by atoms with E-state index < -0.39 is 11.6 Å². The molecule has 0 saturated heterocycles. The molecule has 1 aromatic carbocycles. The molecule has 2 aromatic heterocycles. The number of hydrogen-bond donors (Lipinski definition) is 3. The number of aryl methyl sites for hydroxylation is 2. The number of nitrogens with two attached hydrogens (primary N) is 1. The second-order valence-electron chi connectivity index (χ2n) is 6.46. The summed E-state index contributed by atoms with van der Waals surface area (Å²) >= 11 is 0. The molecule has 0 saturated carbocycles. The smallest absolute Gasteiger partial charge is 0.225 e. The second-order valence-corrected chi connectivity index (χ2v) is 6.46. The van der Waals surface area contributed by atoms with Crippen LogP contribution in [0.5, 0.6) is 0 Å². The SMILES string of the molecule is Cc1nc2nc(NC[C@H](C)/C(O)=C/N)nc(-c3ccc(F)cc3F)c2nc1C. The topological polar surface area (TPSA) is 110 Å². The number of halogens is 2. The number of rotatable bonds is 5. The maximum Gasteiger partial charge on any atom is 0.225 e. The Bertz CT molecular complexity index is 1070. The van der Waals surface area contributed by atoms with Gasteiger partial charge in [-0.3, -0.25) is 0 Å². The summed E-state index contributed by atoms with van der Waals surface area (Å²) in [5.41, 5.74) is 7.54. The predicted molar refractivity (Wildman–Crippen MR) is 103 cm³/mol. The molecule has 7 nitrogen and oxygen atoms in total. The Kier molecular flexibility index (Phi) is 5.34. The van der Waals surface area contributed by atoms with E-state index in [4.69, 9.17) is 5.73 Å². The standard InChI is InChI=1S/C19H20F2N6O/c1-9(15(28)7-22)8-23-19-26-16(13-5-4-12(20)6-14(13)21)17-18(27-19)25-11(3)10(2)24-17/h4-7,9,28H,8,22H2,1-3H3,(H,23,25,26,27)/b15-7-/t9-/m0/s1. The van der Waals surface area contributed by atoms with Crippen LogP contribution in [0.4, 0.5) is 14.7 Å². The number of aliphatic hydroxyl groups is 1. The second kappa shape index (κ2) is 7.71. The fourth-order valence-electron chi connectivity index (χ4n) is 2.57. The van der Waals surface area contributed by atoms with Crippen molar-refractivity contribution in [2.75, 3.05) is 11.9 Å². The highest BCUT2D eigenvalue weighted by molar-refractivity contribution is 5.88. The largest absolute Gasteiger partial charge is 0.510 e. The van der Waals surface area contributed by atoms with Gasteiger partial charge in [0.05, 0.1) is 11.4 Å². The van der Waals surface area contributed by atoms with Crippen LogP contribution in [-0.4, -0.2) is 31.6 Å². The number of nitrogens with zero attached hydrogens (tertiary/aromatic N) is 4. The molecule has 3 aromatic rings. The Morgan fingerprint density at radius 1 is 1.18 bits per heavy atom. The Balaban J connectivity index is 2.13. The van der Waals surface area contributed by atoms with Crippen molar-refractivity contribution in [1.82, 2.24) is 19.9 Å². The van der Waals surface area contributed by atoms with Crippen molar-refractivity contribution in [3.05, 3.63) is 53.2 Å². The van der Waals surface area contributed by atoms with Gasteiger partial charge in [0, 0.05) is 30.3 Å². The van der Waals surface area contributed by atoms with Gasteiger partial charge < -0.3 is 16.2 Å². The molecule has 0 spiro atoms. The van der Waals surface area contributed by atoms with Gasteiger partial charge >= 0.3 is 0 Å². The Morgan fingerprint density at radius 3 is 2.57 bits per heavy atom. The van der Waals surface area contributed by atoms with Crippen LogP contribution in [0.1, 0.15) is 18.3 Å². The van der Waals surface area contributed by atoms with Gasteiger partial charge in [0.1, 0.15) is 28.6 Å². The van der Waals surface area contributed by atoms with Crippen molar-refractivity contribution < 1.29 is 13.9 Å². The van der Waals surface area contributed by atoms with E-state index in [0.717, 1.165) is 18.3 Å². The van der Waals surface area contributed by atoms with E-state index in [0.29, 0.717) is 16.9 Å². The van der Waals surface area contributed by atoms with Crippen molar-refractivity contribution in [2.24, 2.45) is 11.7 Å². The van der Waals surface area contributed by atoms with Crippen LogP contribution in [0.2, 0.25) is 0 Å². The van der Waals surface area contributed by atoms with E-state index in [2.05, 4.69) is 25.3 Å². The highest BCUT2D eigenvalue weighted by atomic mass is 19.1. The highest BCUT2D eigenvalue weighted by Crippen LogP contribution is 2.28. The third-order valence-corrected chi connectivity index (χ3v) is 4.37. The first-order valence-corrected chi connectivity index (χ1v) is 8.63. The first-order chi connectivity index (χ1) is 13.3. The lowest BCUT2D eigenvalue weighted by Crippen LogP contribution is -2.16. The third kappa shape index (κ3) is 3.83. The van der Waals surface area contributed by atoms with Crippen molar-refractivity contribution in [3.63, 3.8) is 0 Å². The fraction of sp³-hybridized carbons (Fsp3) is 0.263. The molecule has 28 heavy (non-hydrogen) atoms. The summed E-state index contributed by atoms with van der Waals surface area (Å²) < 4.78 is 27.8. The van der Waals surface area contributed by atoms with Crippen LogP contribution in [0.25, 0.3) is 22.4 Å². The molecule has 4 N–H and O–H groups in total. The van der Waals surface area contributed by atoms with Gasteiger partial charge in [0.2, 0.25) is 5.95 Å². The minimum absolute atomic E-state index is 0.0179.